The van der Waals surface area contributed by atoms with Crippen molar-refractivity contribution in [1.82, 2.24) is 0 Å². The Morgan fingerprint density at radius 1 is 1.08 bits per heavy atom. The summed E-state index contributed by atoms with van der Waals surface area (Å²) in [4.78, 5) is 25.5. The molecule has 0 bridgehead atoms. The molecule has 0 aromatic heterocycles. The van der Waals surface area contributed by atoms with Gasteiger partial charge in [-0.15, -0.1) is 0 Å². The van der Waals surface area contributed by atoms with Gasteiger partial charge in [0.1, 0.15) is 5.75 Å². The molecule has 6 heteroatoms. The van der Waals surface area contributed by atoms with Crippen LogP contribution in [-0.4, -0.2) is 25.6 Å². The number of urea groups is 1. The minimum atomic E-state index is -0.340. The molecule has 0 aliphatic carbocycles. The summed E-state index contributed by atoms with van der Waals surface area (Å²) in [5, 5.41) is 5.51. The normalized spacial score (nSPS) is 13.7. The molecule has 1 aliphatic heterocycles. The first-order valence-electron chi connectivity index (χ1n) is 7.78. The number of hydrogen-bond donors (Lipinski definition) is 2. The number of carbonyl (C=O) groups excluding carboxylic acids is 2. The second kappa shape index (κ2) is 7.04. The van der Waals surface area contributed by atoms with Crippen LogP contribution in [0.4, 0.5) is 21.9 Å². The second-order valence-electron chi connectivity index (χ2n) is 5.51. The Hall–Kier alpha value is -3.02. The van der Waals surface area contributed by atoms with E-state index in [0.717, 1.165) is 18.7 Å². The number of methoxy groups -OCH3 is 1. The molecule has 2 N–H and O–H groups in total. The summed E-state index contributed by atoms with van der Waals surface area (Å²) in [6.07, 6.45) is 1.49. The monoisotopic (exact) mass is 325 g/mol. The van der Waals surface area contributed by atoms with Crippen LogP contribution in [0.1, 0.15) is 12.8 Å². The fourth-order valence-electron chi connectivity index (χ4n) is 2.64. The van der Waals surface area contributed by atoms with Crippen molar-refractivity contribution in [1.29, 1.82) is 0 Å². The van der Waals surface area contributed by atoms with Crippen LogP contribution in [0.5, 0.6) is 5.75 Å². The molecular weight excluding hydrogens is 306 g/mol. The molecule has 2 aromatic carbocycles. The molecule has 1 saturated heterocycles. The lowest BCUT2D eigenvalue weighted by atomic mass is 10.2. The molecule has 1 aliphatic rings. The van der Waals surface area contributed by atoms with Crippen LogP contribution in [0, 0.1) is 0 Å². The van der Waals surface area contributed by atoms with Gasteiger partial charge in [-0.2, -0.15) is 0 Å². The van der Waals surface area contributed by atoms with Crippen molar-refractivity contribution in [2.75, 3.05) is 29.2 Å². The summed E-state index contributed by atoms with van der Waals surface area (Å²) in [6.45, 7) is 0.752. The number of benzene rings is 2. The number of hydrogen-bond acceptors (Lipinski definition) is 3. The summed E-state index contributed by atoms with van der Waals surface area (Å²) in [5.74, 6) is 0.818. The predicted molar refractivity (Wildman–Crippen MR) is 93.7 cm³/mol. The van der Waals surface area contributed by atoms with Gasteiger partial charge in [-0.3, -0.25) is 4.79 Å². The average molecular weight is 325 g/mol. The van der Waals surface area contributed by atoms with Crippen molar-refractivity contribution >= 4 is 29.0 Å². The van der Waals surface area contributed by atoms with E-state index in [4.69, 9.17) is 4.74 Å². The standard InChI is InChI=1S/C18H19N3O3/c1-24-16-5-2-4-14(12-16)20-18(23)19-13-7-9-15(10-8-13)21-11-3-6-17(21)22/h2,4-5,7-10,12H,3,6,11H2,1H3,(H2,19,20,23). The van der Waals surface area contributed by atoms with Crippen LogP contribution in [0.15, 0.2) is 48.5 Å². The zero-order valence-electron chi connectivity index (χ0n) is 13.4. The molecule has 3 amide bonds. The first-order valence-corrected chi connectivity index (χ1v) is 7.78. The van der Waals surface area contributed by atoms with Crippen molar-refractivity contribution in [2.24, 2.45) is 0 Å². The van der Waals surface area contributed by atoms with Gasteiger partial charge in [0.05, 0.1) is 7.11 Å². The molecule has 1 heterocycles. The average Bonchev–Trinajstić information content (AvgIpc) is 3.01. The molecule has 24 heavy (non-hydrogen) atoms. The SMILES string of the molecule is COc1cccc(NC(=O)Nc2ccc(N3CCCC3=O)cc2)c1. The topological polar surface area (TPSA) is 70.7 Å². The Kier molecular flexibility index (Phi) is 4.65. The third-order valence-corrected chi connectivity index (χ3v) is 3.84. The van der Waals surface area contributed by atoms with Gasteiger partial charge < -0.3 is 20.3 Å². The van der Waals surface area contributed by atoms with E-state index in [9.17, 15) is 9.59 Å². The van der Waals surface area contributed by atoms with Crippen LogP contribution in [-0.2, 0) is 4.79 Å². The highest BCUT2D eigenvalue weighted by atomic mass is 16.5. The number of anilines is 3. The van der Waals surface area contributed by atoms with Gasteiger partial charge in [-0.25, -0.2) is 4.79 Å². The van der Waals surface area contributed by atoms with Crippen LogP contribution in [0.2, 0.25) is 0 Å². The Bertz CT molecular complexity index is 743. The largest absolute Gasteiger partial charge is 0.497 e. The van der Waals surface area contributed by atoms with Gasteiger partial charge in [0, 0.05) is 36.1 Å². The number of nitrogens with zero attached hydrogens (tertiary/aromatic N) is 1. The zero-order valence-corrected chi connectivity index (χ0v) is 13.4. The molecule has 2 aromatic rings. The van der Waals surface area contributed by atoms with Gasteiger partial charge in [-0.05, 0) is 42.8 Å². The molecule has 0 spiro atoms. The molecule has 1 fully saturated rings. The highest BCUT2D eigenvalue weighted by Gasteiger charge is 2.21. The van der Waals surface area contributed by atoms with Crippen molar-refractivity contribution in [3.8, 4) is 5.75 Å². The molecule has 0 unspecified atom stereocenters. The van der Waals surface area contributed by atoms with Crippen LogP contribution in [0.25, 0.3) is 0 Å². The minimum Gasteiger partial charge on any atom is -0.497 e. The third kappa shape index (κ3) is 3.65. The number of rotatable bonds is 4. The quantitative estimate of drug-likeness (QED) is 0.904. The van der Waals surface area contributed by atoms with Crippen molar-refractivity contribution in [3.05, 3.63) is 48.5 Å². The van der Waals surface area contributed by atoms with E-state index >= 15 is 0 Å². The lowest BCUT2D eigenvalue weighted by Crippen LogP contribution is -2.23. The van der Waals surface area contributed by atoms with E-state index in [0.29, 0.717) is 23.5 Å². The predicted octanol–water partition coefficient (Wildman–Crippen LogP) is 3.47. The van der Waals surface area contributed by atoms with Gasteiger partial charge in [-0.1, -0.05) is 6.07 Å². The van der Waals surface area contributed by atoms with Gasteiger partial charge in [0.2, 0.25) is 5.91 Å². The first kappa shape index (κ1) is 15.9. The van der Waals surface area contributed by atoms with E-state index in [1.54, 1.807) is 42.3 Å². The number of nitrogens with one attached hydrogen (secondary N) is 2. The lowest BCUT2D eigenvalue weighted by molar-refractivity contribution is -0.117. The molecule has 0 saturated carbocycles. The Labute approximate surface area is 140 Å². The maximum absolute atomic E-state index is 12.0. The van der Waals surface area contributed by atoms with E-state index in [1.807, 2.05) is 18.2 Å². The lowest BCUT2D eigenvalue weighted by Gasteiger charge is -2.16. The molecule has 3 rings (SSSR count). The van der Waals surface area contributed by atoms with Gasteiger partial charge >= 0.3 is 6.03 Å². The van der Waals surface area contributed by atoms with Crippen LogP contribution in [0.3, 0.4) is 0 Å². The smallest absolute Gasteiger partial charge is 0.323 e. The highest BCUT2D eigenvalue weighted by molar-refractivity contribution is 6.00. The van der Waals surface area contributed by atoms with Crippen LogP contribution < -0.4 is 20.3 Å². The maximum Gasteiger partial charge on any atom is 0.323 e. The van der Waals surface area contributed by atoms with E-state index in [2.05, 4.69) is 10.6 Å². The highest BCUT2D eigenvalue weighted by Crippen LogP contribution is 2.23. The van der Waals surface area contributed by atoms with Crippen molar-refractivity contribution in [2.45, 2.75) is 12.8 Å². The number of amides is 3. The number of carbonyl (C=O) groups is 2. The second-order valence-corrected chi connectivity index (χ2v) is 5.51. The zero-order chi connectivity index (χ0) is 16.9. The van der Waals surface area contributed by atoms with Gasteiger partial charge in [0.25, 0.3) is 0 Å². The van der Waals surface area contributed by atoms with E-state index in [1.165, 1.54) is 0 Å². The van der Waals surface area contributed by atoms with E-state index in [-0.39, 0.29) is 11.9 Å². The Morgan fingerprint density at radius 3 is 2.50 bits per heavy atom. The molecule has 0 radical (unpaired) electrons. The van der Waals surface area contributed by atoms with Gasteiger partial charge in [0.15, 0.2) is 0 Å². The Morgan fingerprint density at radius 2 is 1.83 bits per heavy atom. The fraction of sp³-hybridized carbons (Fsp3) is 0.222. The minimum absolute atomic E-state index is 0.145. The fourth-order valence-corrected chi connectivity index (χ4v) is 2.64. The summed E-state index contributed by atoms with van der Waals surface area (Å²) in [5.41, 5.74) is 2.16. The number of ether oxygens (including phenoxy) is 1. The molecule has 0 atom stereocenters. The molecular formula is C18H19N3O3. The Balaban J connectivity index is 1.61. The molecule has 6 nitrogen and oxygen atoms in total. The van der Waals surface area contributed by atoms with Crippen LogP contribution >= 0.6 is 0 Å². The summed E-state index contributed by atoms with van der Waals surface area (Å²) < 4.78 is 5.12. The first-order chi connectivity index (χ1) is 11.7. The summed E-state index contributed by atoms with van der Waals surface area (Å²) in [7, 11) is 1.58. The maximum atomic E-state index is 12.0. The molecule has 124 valence electrons. The third-order valence-electron chi connectivity index (χ3n) is 3.84. The van der Waals surface area contributed by atoms with Crippen molar-refractivity contribution in [3.63, 3.8) is 0 Å². The van der Waals surface area contributed by atoms with Crippen molar-refractivity contribution < 1.29 is 14.3 Å². The summed E-state index contributed by atoms with van der Waals surface area (Å²) in [6, 6.07) is 14.0. The summed E-state index contributed by atoms with van der Waals surface area (Å²) >= 11 is 0. The van der Waals surface area contributed by atoms with E-state index < -0.39 is 0 Å².